The average molecular weight is 341 g/mol. The Morgan fingerprint density at radius 2 is 2.08 bits per heavy atom. The number of rotatable bonds is 6. The third-order valence-electron chi connectivity index (χ3n) is 3.51. The Labute approximate surface area is 143 Å². The molecule has 3 rings (SSSR count). The van der Waals surface area contributed by atoms with Gasteiger partial charge in [-0.15, -0.1) is 0 Å². The molecular formula is C18H16FN3O3. The summed E-state index contributed by atoms with van der Waals surface area (Å²) in [6.45, 7) is 0. The van der Waals surface area contributed by atoms with E-state index in [1.807, 2.05) is 18.2 Å². The first-order chi connectivity index (χ1) is 12.2. The molecule has 2 aromatic carbocycles. The second-order valence-corrected chi connectivity index (χ2v) is 5.27. The molecule has 0 bridgehead atoms. The fourth-order valence-electron chi connectivity index (χ4n) is 2.23. The highest BCUT2D eigenvalue weighted by Gasteiger charge is 2.12. The Kier molecular flexibility index (Phi) is 5.03. The van der Waals surface area contributed by atoms with Gasteiger partial charge < -0.3 is 14.6 Å². The summed E-state index contributed by atoms with van der Waals surface area (Å²) in [6, 6.07) is 13.3. The van der Waals surface area contributed by atoms with Crippen molar-refractivity contribution < 1.29 is 18.4 Å². The number of methoxy groups -OCH3 is 1. The number of nitrogens with one attached hydrogen (secondary N) is 1. The molecule has 0 fully saturated rings. The van der Waals surface area contributed by atoms with E-state index in [0.29, 0.717) is 17.5 Å². The van der Waals surface area contributed by atoms with Gasteiger partial charge in [0.1, 0.15) is 11.6 Å². The van der Waals surface area contributed by atoms with Crippen LogP contribution >= 0.6 is 0 Å². The van der Waals surface area contributed by atoms with Crippen molar-refractivity contribution in [2.45, 2.75) is 12.8 Å². The van der Waals surface area contributed by atoms with Gasteiger partial charge in [-0.1, -0.05) is 29.4 Å². The molecule has 7 heteroatoms. The van der Waals surface area contributed by atoms with Crippen LogP contribution in [0.25, 0.3) is 11.4 Å². The summed E-state index contributed by atoms with van der Waals surface area (Å²) in [6.07, 6.45) is 0.366. The Morgan fingerprint density at radius 3 is 2.88 bits per heavy atom. The molecule has 1 heterocycles. The van der Waals surface area contributed by atoms with Gasteiger partial charge in [0.05, 0.1) is 12.8 Å². The third kappa shape index (κ3) is 4.20. The highest BCUT2D eigenvalue weighted by atomic mass is 19.1. The molecule has 1 amide bonds. The fraction of sp³-hybridized carbons (Fsp3) is 0.167. The highest BCUT2D eigenvalue weighted by molar-refractivity contribution is 5.90. The zero-order chi connectivity index (χ0) is 17.6. The summed E-state index contributed by atoms with van der Waals surface area (Å²) < 4.78 is 23.8. The van der Waals surface area contributed by atoms with E-state index in [0.717, 1.165) is 5.56 Å². The number of benzene rings is 2. The standard InChI is InChI=1S/C18H16FN3O3/c1-24-13-6-4-5-12(11-13)18-21-17(25-22-18)10-9-16(23)20-15-8-3-2-7-14(15)19/h2-8,11H,9-10H2,1H3,(H,20,23). The number of hydrogen-bond acceptors (Lipinski definition) is 5. The molecule has 0 spiro atoms. The van der Waals surface area contributed by atoms with Crippen LogP contribution in [0.3, 0.4) is 0 Å². The summed E-state index contributed by atoms with van der Waals surface area (Å²) in [7, 11) is 1.58. The van der Waals surface area contributed by atoms with Crippen molar-refractivity contribution in [3.63, 3.8) is 0 Å². The second-order valence-electron chi connectivity index (χ2n) is 5.27. The first-order valence-electron chi connectivity index (χ1n) is 7.67. The van der Waals surface area contributed by atoms with Crippen LogP contribution in [0.15, 0.2) is 53.1 Å². The molecule has 0 saturated carbocycles. The van der Waals surface area contributed by atoms with Gasteiger partial charge in [0.15, 0.2) is 0 Å². The normalized spacial score (nSPS) is 10.5. The maximum Gasteiger partial charge on any atom is 0.227 e. The van der Waals surface area contributed by atoms with Crippen molar-refractivity contribution in [3.8, 4) is 17.1 Å². The van der Waals surface area contributed by atoms with Gasteiger partial charge in [0.2, 0.25) is 17.6 Å². The van der Waals surface area contributed by atoms with Gasteiger partial charge in [-0.25, -0.2) is 4.39 Å². The van der Waals surface area contributed by atoms with Crippen molar-refractivity contribution in [1.29, 1.82) is 0 Å². The van der Waals surface area contributed by atoms with E-state index >= 15 is 0 Å². The van der Waals surface area contributed by atoms with Crippen LogP contribution in [-0.2, 0) is 11.2 Å². The van der Waals surface area contributed by atoms with Crippen LogP contribution in [0.4, 0.5) is 10.1 Å². The number of anilines is 1. The fourth-order valence-corrected chi connectivity index (χ4v) is 2.23. The van der Waals surface area contributed by atoms with Crippen LogP contribution in [0.1, 0.15) is 12.3 Å². The maximum atomic E-state index is 13.5. The molecule has 0 unspecified atom stereocenters. The van der Waals surface area contributed by atoms with E-state index in [1.165, 1.54) is 12.1 Å². The topological polar surface area (TPSA) is 77.2 Å². The monoisotopic (exact) mass is 341 g/mol. The van der Waals surface area contributed by atoms with Crippen molar-refractivity contribution in [2.24, 2.45) is 0 Å². The van der Waals surface area contributed by atoms with Crippen molar-refractivity contribution in [2.75, 3.05) is 12.4 Å². The molecule has 0 aliphatic heterocycles. The predicted molar refractivity (Wildman–Crippen MR) is 89.6 cm³/mol. The highest BCUT2D eigenvalue weighted by Crippen LogP contribution is 2.21. The van der Waals surface area contributed by atoms with Crippen molar-refractivity contribution in [3.05, 3.63) is 60.2 Å². The molecule has 0 saturated heterocycles. The number of para-hydroxylation sites is 1. The van der Waals surface area contributed by atoms with Gasteiger partial charge in [0, 0.05) is 18.4 Å². The summed E-state index contributed by atoms with van der Waals surface area (Å²) in [4.78, 5) is 16.2. The minimum atomic E-state index is -0.478. The lowest BCUT2D eigenvalue weighted by Gasteiger charge is -2.04. The van der Waals surface area contributed by atoms with E-state index in [-0.39, 0.29) is 24.4 Å². The van der Waals surface area contributed by atoms with Gasteiger partial charge in [-0.2, -0.15) is 4.98 Å². The zero-order valence-corrected chi connectivity index (χ0v) is 13.5. The lowest BCUT2D eigenvalue weighted by molar-refractivity contribution is -0.116. The second kappa shape index (κ2) is 7.57. The largest absolute Gasteiger partial charge is 0.497 e. The van der Waals surface area contributed by atoms with E-state index in [2.05, 4.69) is 15.5 Å². The van der Waals surface area contributed by atoms with E-state index < -0.39 is 5.82 Å². The summed E-state index contributed by atoms with van der Waals surface area (Å²) in [5.41, 5.74) is 0.903. The predicted octanol–water partition coefficient (Wildman–Crippen LogP) is 3.46. The SMILES string of the molecule is COc1cccc(-c2noc(CCC(=O)Nc3ccccc3F)n2)c1. The lowest BCUT2D eigenvalue weighted by Crippen LogP contribution is -2.13. The Morgan fingerprint density at radius 1 is 1.24 bits per heavy atom. The van der Waals surface area contributed by atoms with Gasteiger partial charge in [-0.3, -0.25) is 4.79 Å². The Hall–Kier alpha value is -3.22. The zero-order valence-electron chi connectivity index (χ0n) is 13.5. The molecule has 1 N–H and O–H groups in total. The smallest absolute Gasteiger partial charge is 0.227 e. The minimum Gasteiger partial charge on any atom is -0.497 e. The molecule has 0 aliphatic carbocycles. The number of aryl methyl sites for hydroxylation is 1. The molecule has 0 atom stereocenters. The maximum absolute atomic E-state index is 13.5. The van der Waals surface area contributed by atoms with E-state index in [1.54, 1.807) is 25.3 Å². The number of amides is 1. The first-order valence-corrected chi connectivity index (χ1v) is 7.67. The number of aromatic nitrogens is 2. The van der Waals surface area contributed by atoms with Crippen molar-refractivity contribution >= 4 is 11.6 Å². The van der Waals surface area contributed by atoms with Crippen LogP contribution in [0.5, 0.6) is 5.75 Å². The third-order valence-corrected chi connectivity index (χ3v) is 3.51. The summed E-state index contributed by atoms with van der Waals surface area (Å²) in [5.74, 6) is 0.637. The lowest BCUT2D eigenvalue weighted by atomic mass is 10.2. The molecule has 3 aromatic rings. The molecule has 128 valence electrons. The molecule has 6 nitrogen and oxygen atoms in total. The molecule has 0 radical (unpaired) electrons. The number of hydrogen-bond donors (Lipinski definition) is 1. The average Bonchev–Trinajstić information content (AvgIpc) is 3.11. The molecule has 1 aromatic heterocycles. The number of ether oxygens (including phenoxy) is 1. The summed E-state index contributed by atoms with van der Waals surface area (Å²) >= 11 is 0. The number of nitrogens with zero attached hydrogens (tertiary/aromatic N) is 2. The first kappa shape index (κ1) is 16.6. The number of carbonyl (C=O) groups is 1. The van der Waals surface area contributed by atoms with Crippen LogP contribution in [0.2, 0.25) is 0 Å². The molecular weight excluding hydrogens is 325 g/mol. The van der Waals surface area contributed by atoms with Crippen molar-refractivity contribution in [1.82, 2.24) is 10.1 Å². The van der Waals surface area contributed by atoms with Crippen LogP contribution < -0.4 is 10.1 Å². The molecule has 0 aliphatic rings. The number of halogens is 1. The quantitative estimate of drug-likeness (QED) is 0.743. The summed E-state index contributed by atoms with van der Waals surface area (Å²) in [5, 5.41) is 6.42. The van der Waals surface area contributed by atoms with E-state index in [4.69, 9.17) is 9.26 Å². The Bertz CT molecular complexity index is 879. The molecule has 25 heavy (non-hydrogen) atoms. The van der Waals surface area contributed by atoms with Gasteiger partial charge >= 0.3 is 0 Å². The number of carbonyl (C=O) groups excluding carboxylic acids is 1. The van der Waals surface area contributed by atoms with Gasteiger partial charge in [-0.05, 0) is 24.3 Å². The van der Waals surface area contributed by atoms with Crippen LogP contribution in [-0.4, -0.2) is 23.2 Å². The van der Waals surface area contributed by atoms with E-state index in [9.17, 15) is 9.18 Å². The van der Waals surface area contributed by atoms with Crippen LogP contribution in [0, 0.1) is 5.82 Å². The minimum absolute atomic E-state index is 0.105. The van der Waals surface area contributed by atoms with Gasteiger partial charge in [0.25, 0.3) is 0 Å². The Balaban J connectivity index is 1.60.